The first-order chi connectivity index (χ1) is 21.2. The number of carbonyl (C=O) groups is 4. The molecule has 0 radical (unpaired) electrons. The van der Waals surface area contributed by atoms with Crippen molar-refractivity contribution in [2.45, 2.75) is 122 Å². The van der Waals surface area contributed by atoms with Crippen LogP contribution in [0.2, 0.25) is 0 Å². The Morgan fingerprint density at radius 2 is 1.48 bits per heavy atom. The fourth-order valence-electron chi connectivity index (χ4n) is 13.1. The van der Waals surface area contributed by atoms with Crippen LogP contribution in [0, 0.1) is 57.7 Å². The van der Waals surface area contributed by atoms with E-state index in [1.807, 2.05) is 20.8 Å². The topological polar surface area (TPSA) is 202 Å². The molecule has 8 aliphatic rings. The van der Waals surface area contributed by atoms with Crippen molar-refractivity contribution in [3.63, 3.8) is 0 Å². The third kappa shape index (κ3) is 2.95. The number of aliphatic hydroxyl groups is 4. The molecule has 3 aliphatic heterocycles. The summed E-state index contributed by atoms with van der Waals surface area (Å²) in [6, 6.07) is 0. The van der Waals surface area contributed by atoms with Gasteiger partial charge in [-0.3, -0.25) is 14.4 Å². The molecule has 254 valence electrons. The Bertz CT molecular complexity index is 1480. The third-order valence-electron chi connectivity index (χ3n) is 15.0. The Labute approximate surface area is 266 Å². The number of ether oxygens (including phenoxy) is 5. The SMILES string of the molecule is CC(=O)O[C@H]1[C@@H](C)[C@H]2[C@@H](C(=O)[C@H](O)[C@@]3(O)C[C@@H]4O[C@@H]4[C@H](OC(C)=O)[C@]23C)[C@@H]2[C@@H](O)[C@@H]3[C@H]([C@H](C)[C@H]4O[C@]45OC(=O)[C@@](C)(O)[C@]35C)[C@]21C. The van der Waals surface area contributed by atoms with Crippen molar-refractivity contribution < 1.29 is 63.3 Å². The fourth-order valence-corrected chi connectivity index (χ4v) is 13.1. The van der Waals surface area contributed by atoms with E-state index in [0.717, 1.165) is 0 Å². The Morgan fingerprint density at radius 3 is 2.09 bits per heavy atom. The molecule has 1 spiro atoms. The van der Waals surface area contributed by atoms with Crippen molar-refractivity contribution in [2.75, 3.05) is 0 Å². The molecule has 0 bridgehead atoms. The quantitative estimate of drug-likeness (QED) is 0.175. The Hall–Kier alpha value is -2.16. The largest absolute Gasteiger partial charge is 0.462 e. The average molecular weight is 649 g/mol. The van der Waals surface area contributed by atoms with Crippen molar-refractivity contribution in [3.05, 3.63) is 0 Å². The smallest absolute Gasteiger partial charge is 0.341 e. The second-order valence-corrected chi connectivity index (χ2v) is 16.5. The number of Topliss-reactive ketones (excluding diaryl/α,β-unsaturated/α-hetero) is 1. The van der Waals surface area contributed by atoms with Gasteiger partial charge in [-0.25, -0.2) is 4.79 Å². The van der Waals surface area contributed by atoms with E-state index < -0.39 is 135 Å². The zero-order valence-electron chi connectivity index (χ0n) is 27.3. The summed E-state index contributed by atoms with van der Waals surface area (Å²) in [5.74, 6) is -9.56. The van der Waals surface area contributed by atoms with E-state index in [9.17, 15) is 39.6 Å². The predicted molar refractivity (Wildman–Crippen MR) is 151 cm³/mol. The predicted octanol–water partition coefficient (Wildman–Crippen LogP) is -0.128. The number of esters is 3. The maximum atomic E-state index is 14.6. The van der Waals surface area contributed by atoms with Crippen LogP contribution >= 0.6 is 0 Å². The van der Waals surface area contributed by atoms with Crippen molar-refractivity contribution >= 4 is 23.7 Å². The minimum atomic E-state index is -2.07. The molecule has 13 nitrogen and oxygen atoms in total. The van der Waals surface area contributed by atoms with E-state index in [4.69, 9.17) is 23.7 Å². The number of carbonyl (C=O) groups excluding carboxylic acids is 4. The second kappa shape index (κ2) is 8.52. The van der Waals surface area contributed by atoms with Crippen LogP contribution in [-0.2, 0) is 42.9 Å². The van der Waals surface area contributed by atoms with E-state index >= 15 is 0 Å². The van der Waals surface area contributed by atoms with Crippen LogP contribution in [0.4, 0.5) is 0 Å². The first-order valence-electron chi connectivity index (χ1n) is 16.4. The summed E-state index contributed by atoms with van der Waals surface area (Å²) in [7, 11) is 0. The van der Waals surface area contributed by atoms with Crippen LogP contribution < -0.4 is 0 Å². The highest BCUT2D eigenvalue weighted by Gasteiger charge is 2.93. The average Bonchev–Trinajstić information content (AvgIpc) is 3.85. The maximum absolute atomic E-state index is 14.6. The van der Waals surface area contributed by atoms with Gasteiger partial charge in [0.25, 0.3) is 0 Å². The molecule has 13 heteroatoms. The van der Waals surface area contributed by atoms with Crippen LogP contribution in [0.1, 0.15) is 61.8 Å². The highest BCUT2D eigenvalue weighted by molar-refractivity contribution is 5.89. The summed E-state index contributed by atoms with van der Waals surface area (Å²) in [4.78, 5) is 53.2. The number of hydrogen-bond donors (Lipinski definition) is 4. The molecule has 20 atom stereocenters. The lowest BCUT2D eigenvalue weighted by atomic mass is 9.38. The lowest BCUT2D eigenvalue weighted by molar-refractivity contribution is -0.290. The molecule has 0 aromatic carbocycles. The number of rotatable bonds is 2. The van der Waals surface area contributed by atoms with Gasteiger partial charge in [0.15, 0.2) is 11.4 Å². The molecule has 4 N–H and O–H groups in total. The summed E-state index contributed by atoms with van der Waals surface area (Å²) in [5.41, 5.74) is -8.19. The minimum Gasteiger partial charge on any atom is -0.462 e. The summed E-state index contributed by atoms with van der Waals surface area (Å²) < 4.78 is 29.8. The van der Waals surface area contributed by atoms with Crippen molar-refractivity contribution in [1.29, 1.82) is 0 Å². The highest BCUT2D eigenvalue weighted by Crippen LogP contribution is 2.81. The molecule has 8 fully saturated rings. The van der Waals surface area contributed by atoms with Gasteiger partial charge in [0.05, 0.1) is 17.6 Å². The van der Waals surface area contributed by atoms with Gasteiger partial charge in [-0.1, -0.05) is 27.7 Å². The Morgan fingerprint density at radius 1 is 0.870 bits per heavy atom. The van der Waals surface area contributed by atoms with Crippen molar-refractivity contribution in [3.8, 4) is 0 Å². The van der Waals surface area contributed by atoms with Gasteiger partial charge in [-0.2, -0.15) is 0 Å². The Balaban J connectivity index is 1.36. The maximum Gasteiger partial charge on any atom is 0.341 e. The first-order valence-corrected chi connectivity index (χ1v) is 16.4. The summed E-state index contributed by atoms with van der Waals surface area (Å²) in [6.07, 6.45) is -7.01. The molecular weight excluding hydrogens is 604 g/mol. The van der Waals surface area contributed by atoms with E-state index in [2.05, 4.69) is 0 Å². The fraction of sp³-hybridized carbons (Fsp3) is 0.879. The molecule has 3 saturated heterocycles. The number of ketones is 1. The Kier molecular flexibility index (Phi) is 5.76. The molecule has 5 aliphatic carbocycles. The lowest BCUT2D eigenvalue weighted by Crippen LogP contribution is -2.78. The zero-order chi connectivity index (χ0) is 33.6. The number of fused-ring (bicyclic) bond motifs is 9. The van der Waals surface area contributed by atoms with E-state index in [-0.39, 0.29) is 12.3 Å². The third-order valence-corrected chi connectivity index (χ3v) is 15.0. The van der Waals surface area contributed by atoms with Crippen molar-refractivity contribution in [1.82, 2.24) is 0 Å². The van der Waals surface area contributed by atoms with Gasteiger partial charge >= 0.3 is 17.9 Å². The van der Waals surface area contributed by atoms with E-state index in [0.29, 0.717) is 0 Å². The second-order valence-electron chi connectivity index (χ2n) is 16.5. The van der Waals surface area contributed by atoms with Gasteiger partial charge in [0.1, 0.15) is 36.1 Å². The number of aliphatic hydroxyl groups excluding tert-OH is 2. The van der Waals surface area contributed by atoms with Crippen LogP contribution in [0.5, 0.6) is 0 Å². The van der Waals surface area contributed by atoms with Crippen LogP contribution in [0.3, 0.4) is 0 Å². The van der Waals surface area contributed by atoms with Gasteiger partial charge in [0.2, 0.25) is 5.79 Å². The lowest BCUT2D eigenvalue weighted by Gasteiger charge is -2.67. The number of hydrogen-bond acceptors (Lipinski definition) is 13. The van der Waals surface area contributed by atoms with E-state index in [1.165, 1.54) is 20.8 Å². The van der Waals surface area contributed by atoms with Gasteiger partial charge < -0.3 is 44.1 Å². The van der Waals surface area contributed by atoms with Crippen molar-refractivity contribution in [2.24, 2.45) is 57.7 Å². The molecule has 0 unspecified atom stereocenters. The summed E-state index contributed by atoms with van der Waals surface area (Å²) in [6.45, 7) is 12.9. The normalized spacial score (nSPS) is 63.5. The van der Waals surface area contributed by atoms with Crippen LogP contribution in [-0.4, -0.2) is 104 Å². The van der Waals surface area contributed by atoms with E-state index in [1.54, 1.807) is 13.8 Å². The van der Waals surface area contributed by atoms with Gasteiger partial charge in [-0.15, -0.1) is 0 Å². The summed E-state index contributed by atoms with van der Waals surface area (Å²) >= 11 is 0. The number of epoxide rings is 2. The molecule has 0 aromatic rings. The molecular formula is C33H44O13. The first kappa shape index (κ1) is 31.1. The van der Waals surface area contributed by atoms with Gasteiger partial charge in [-0.05, 0) is 37.5 Å². The zero-order valence-corrected chi connectivity index (χ0v) is 27.3. The molecule has 8 rings (SSSR count). The summed E-state index contributed by atoms with van der Waals surface area (Å²) in [5, 5.41) is 48.7. The monoisotopic (exact) mass is 648 g/mol. The highest BCUT2D eigenvalue weighted by atomic mass is 16.8. The molecule has 0 aromatic heterocycles. The molecule has 3 heterocycles. The minimum absolute atomic E-state index is 0.0677. The molecule has 46 heavy (non-hydrogen) atoms. The standard InChI is InChI=1S/C33H44O13/c1-10-16-15(20(36)23(38)32(41)9-14-22(44-14)26(29(16,32)6)43-13(4)35)18-21(37)19-17(28(18,5)24(10)42-12(3)34)11(2)25-33(45-25)30(19,7)31(8,40)27(39)46-33/h10-11,14-19,21-26,37-38,40-41H,9H2,1-8H3/t10-,11-,14-,15+,16-,17-,18+,19-,21+,22-,23-,24-,25+,26-,28+,29-,30-,31+,32-,33-/m0/s1. The van der Waals surface area contributed by atoms with Gasteiger partial charge in [0, 0.05) is 48.9 Å². The van der Waals surface area contributed by atoms with Crippen LogP contribution in [0.15, 0.2) is 0 Å². The molecule has 0 amide bonds. The molecule has 5 saturated carbocycles. The van der Waals surface area contributed by atoms with Crippen LogP contribution in [0.25, 0.3) is 0 Å².